The lowest BCUT2D eigenvalue weighted by atomic mass is 10.0. The molecule has 2 rings (SSSR count). The summed E-state index contributed by atoms with van der Waals surface area (Å²) in [5, 5.41) is 2.92. The molecule has 1 aromatic rings. The fraction of sp³-hybridized carbons (Fsp3) is 0.571. The minimum Gasteiger partial charge on any atom is -0.387 e. The van der Waals surface area contributed by atoms with Crippen LogP contribution in [0.15, 0.2) is 29.2 Å². The molecule has 106 valence electrons. The maximum absolute atomic E-state index is 12.3. The molecule has 1 saturated carbocycles. The summed E-state index contributed by atoms with van der Waals surface area (Å²) < 4.78 is 27.4. The summed E-state index contributed by atoms with van der Waals surface area (Å²) in [6, 6.07) is 6.97. The van der Waals surface area contributed by atoms with Crippen molar-refractivity contribution in [2.75, 3.05) is 18.9 Å². The van der Waals surface area contributed by atoms with E-state index in [4.69, 9.17) is 0 Å². The maximum Gasteiger partial charge on any atom is 0.242 e. The van der Waals surface area contributed by atoms with Gasteiger partial charge in [-0.2, -0.15) is 0 Å². The normalized spacial score (nSPS) is 17.2. The number of nitrogens with one attached hydrogen (secondary N) is 2. The third-order valence-corrected chi connectivity index (χ3v) is 5.28. The Morgan fingerprint density at radius 1 is 1.26 bits per heavy atom. The van der Waals surface area contributed by atoms with Gasteiger partial charge in [0.2, 0.25) is 10.0 Å². The Morgan fingerprint density at radius 3 is 2.53 bits per heavy atom. The third kappa shape index (κ3) is 3.28. The van der Waals surface area contributed by atoms with Crippen molar-refractivity contribution in [1.29, 1.82) is 0 Å². The van der Waals surface area contributed by atoms with Crippen LogP contribution < -0.4 is 10.0 Å². The fourth-order valence-corrected chi connectivity index (χ4v) is 3.82. The van der Waals surface area contributed by atoms with Crippen molar-refractivity contribution in [3.8, 4) is 0 Å². The molecule has 0 amide bonds. The van der Waals surface area contributed by atoms with E-state index in [9.17, 15) is 8.42 Å². The van der Waals surface area contributed by atoms with Crippen molar-refractivity contribution >= 4 is 15.7 Å². The minimum atomic E-state index is -3.43. The lowest BCUT2D eigenvalue weighted by Crippen LogP contribution is -2.30. The summed E-state index contributed by atoms with van der Waals surface area (Å²) in [6.07, 6.45) is 4.48. The number of hydrogen-bond donors (Lipinski definition) is 2. The van der Waals surface area contributed by atoms with Crippen molar-refractivity contribution in [3.63, 3.8) is 0 Å². The van der Waals surface area contributed by atoms with Crippen LogP contribution in [0.2, 0.25) is 0 Å². The van der Waals surface area contributed by atoms with E-state index >= 15 is 0 Å². The third-order valence-electron chi connectivity index (χ3n) is 3.82. The highest BCUT2D eigenvalue weighted by atomic mass is 32.2. The van der Waals surface area contributed by atoms with Crippen molar-refractivity contribution in [3.05, 3.63) is 24.3 Å². The molecule has 1 aliphatic carbocycles. The second-order valence-corrected chi connectivity index (χ2v) is 7.06. The molecular weight excluding hydrogens is 260 g/mol. The van der Waals surface area contributed by atoms with Gasteiger partial charge in [0.25, 0.3) is 0 Å². The summed E-state index contributed by atoms with van der Waals surface area (Å²) in [5.74, 6) is 0. The first kappa shape index (κ1) is 14.3. The predicted molar refractivity (Wildman–Crippen MR) is 77.8 cm³/mol. The van der Waals surface area contributed by atoms with Crippen LogP contribution in [0.25, 0.3) is 0 Å². The van der Waals surface area contributed by atoms with Gasteiger partial charge in [-0.25, -0.2) is 13.1 Å². The zero-order chi connectivity index (χ0) is 13.9. The zero-order valence-corrected chi connectivity index (χ0v) is 12.4. The molecule has 1 aliphatic rings. The second kappa shape index (κ2) is 5.51. The lowest BCUT2D eigenvalue weighted by Gasteiger charge is -2.16. The molecule has 4 nitrogen and oxygen atoms in total. The zero-order valence-electron chi connectivity index (χ0n) is 11.6. The molecule has 0 unspecified atom stereocenters. The second-order valence-electron chi connectivity index (χ2n) is 5.32. The summed E-state index contributed by atoms with van der Waals surface area (Å²) in [5.41, 5.74) is 0.853. The topological polar surface area (TPSA) is 58.2 Å². The van der Waals surface area contributed by atoms with E-state index in [-0.39, 0.29) is 5.41 Å². The van der Waals surface area contributed by atoms with E-state index in [1.54, 1.807) is 25.2 Å². The maximum atomic E-state index is 12.3. The van der Waals surface area contributed by atoms with Gasteiger partial charge in [0.1, 0.15) is 4.90 Å². The molecule has 0 aromatic heterocycles. The predicted octanol–water partition coefficient (Wildman–Crippen LogP) is 2.59. The Bertz CT molecular complexity index is 536. The van der Waals surface area contributed by atoms with E-state index in [1.165, 1.54) is 0 Å². The number of sulfonamides is 1. The van der Waals surface area contributed by atoms with Gasteiger partial charge in [0.15, 0.2) is 0 Å². The van der Waals surface area contributed by atoms with Gasteiger partial charge in [-0.3, -0.25) is 0 Å². The standard InChI is InChI=1S/C14H22N2O2S/c1-3-8-14(9-10-14)11-16-19(17,18)13-7-5-4-6-12(13)15-2/h4-7,15-16H,3,8-11H2,1-2H3. The van der Waals surface area contributed by atoms with Crippen LogP contribution in [0, 0.1) is 5.41 Å². The molecule has 0 radical (unpaired) electrons. The number of hydrogen-bond acceptors (Lipinski definition) is 3. The van der Waals surface area contributed by atoms with Gasteiger partial charge in [0.05, 0.1) is 5.69 Å². The van der Waals surface area contributed by atoms with Gasteiger partial charge in [0, 0.05) is 13.6 Å². The summed E-state index contributed by atoms with van der Waals surface area (Å²) in [7, 11) is -1.70. The summed E-state index contributed by atoms with van der Waals surface area (Å²) in [4.78, 5) is 0.324. The SMILES string of the molecule is CCCC1(CNS(=O)(=O)c2ccccc2NC)CC1. The van der Waals surface area contributed by atoms with Crippen LogP contribution in [-0.4, -0.2) is 22.0 Å². The highest BCUT2D eigenvalue weighted by Gasteiger charge is 2.42. The van der Waals surface area contributed by atoms with E-state index in [0.717, 1.165) is 25.7 Å². The Labute approximate surface area is 115 Å². The first-order valence-corrected chi connectivity index (χ1v) is 8.28. The van der Waals surface area contributed by atoms with Crippen LogP contribution in [-0.2, 0) is 10.0 Å². The molecule has 1 aromatic carbocycles. The monoisotopic (exact) mass is 282 g/mol. The van der Waals surface area contributed by atoms with Gasteiger partial charge in [-0.15, -0.1) is 0 Å². The fourth-order valence-electron chi connectivity index (χ4n) is 2.46. The summed E-state index contributed by atoms with van der Waals surface area (Å²) in [6.45, 7) is 2.70. The average Bonchev–Trinajstić information content (AvgIpc) is 3.17. The smallest absolute Gasteiger partial charge is 0.242 e. The number of benzene rings is 1. The van der Waals surface area contributed by atoms with Crippen molar-refractivity contribution in [1.82, 2.24) is 4.72 Å². The molecule has 0 bridgehead atoms. The van der Waals surface area contributed by atoms with Crippen LogP contribution in [0.4, 0.5) is 5.69 Å². The largest absolute Gasteiger partial charge is 0.387 e. The van der Waals surface area contributed by atoms with Crippen LogP contribution >= 0.6 is 0 Å². The van der Waals surface area contributed by atoms with Crippen molar-refractivity contribution in [2.24, 2.45) is 5.41 Å². The molecule has 5 heteroatoms. The van der Waals surface area contributed by atoms with Gasteiger partial charge >= 0.3 is 0 Å². The van der Waals surface area contributed by atoms with E-state index < -0.39 is 10.0 Å². The minimum absolute atomic E-state index is 0.219. The molecule has 0 aliphatic heterocycles. The van der Waals surface area contributed by atoms with Crippen molar-refractivity contribution in [2.45, 2.75) is 37.5 Å². The number of rotatable bonds is 7. The van der Waals surface area contributed by atoms with Crippen LogP contribution in [0.5, 0.6) is 0 Å². The number of anilines is 1. The van der Waals surface area contributed by atoms with Gasteiger partial charge in [-0.05, 0) is 36.8 Å². The molecule has 2 N–H and O–H groups in total. The van der Waals surface area contributed by atoms with Gasteiger partial charge < -0.3 is 5.32 Å². The first-order valence-electron chi connectivity index (χ1n) is 6.79. The Hall–Kier alpha value is -1.07. The number of para-hydroxylation sites is 1. The van der Waals surface area contributed by atoms with Crippen LogP contribution in [0.3, 0.4) is 0 Å². The molecule has 0 saturated heterocycles. The Kier molecular flexibility index (Phi) is 4.16. The molecule has 0 atom stereocenters. The molecule has 0 heterocycles. The highest BCUT2D eigenvalue weighted by Crippen LogP contribution is 2.49. The van der Waals surface area contributed by atoms with Gasteiger partial charge in [-0.1, -0.05) is 25.5 Å². The van der Waals surface area contributed by atoms with E-state index in [0.29, 0.717) is 17.1 Å². The molecular formula is C14H22N2O2S. The highest BCUT2D eigenvalue weighted by molar-refractivity contribution is 7.89. The van der Waals surface area contributed by atoms with E-state index in [2.05, 4.69) is 17.0 Å². The Balaban J connectivity index is 2.10. The first-order chi connectivity index (χ1) is 9.03. The lowest BCUT2D eigenvalue weighted by molar-refractivity contribution is 0.449. The molecule has 19 heavy (non-hydrogen) atoms. The van der Waals surface area contributed by atoms with Crippen molar-refractivity contribution < 1.29 is 8.42 Å². The van der Waals surface area contributed by atoms with E-state index in [1.807, 2.05) is 6.07 Å². The average molecular weight is 282 g/mol. The molecule has 1 fully saturated rings. The van der Waals surface area contributed by atoms with Crippen LogP contribution in [0.1, 0.15) is 32.6 Å². The Morgan fingerprint density at radius 2 is 1.95 bits per heavy atom. The quantitative estimate of drug-likeness (QED) is 0.808. The summed E-state index contributed by atoms with van der Waals surface area (Å²) >= 11 is 0. The molecule has 0 spiro atoms.